The SMILES string of the molecule is [2H]C([2H])(OC1=C(Cl)C(=C=O)N(c2cc(-n3cc(F)c(C(C)(C)NC(C)=O)n3)ncc2C)C(C)=C1)c1c(F)cc(F)cc1F. The van der Waals surface area contributed by atoms with Crippen molar-refractivity contribution in [2.24, 2.45) is 0 Å². The van der Waals surface area contributed by atoms with Crippen molar-refractivity contribution in [3.8, 4) is 5.82 Å². The predicted molar refractivity (Wildman–Crippen MR) is 142 cm³/mol. The van der Waals surface area contributed by atoms with Gasteiger partial charge >= 0.3 is 0 Å². The maximum atomic E-state index is 14.9. The number of ether oxygens (including phenoxy) is 1. The number of anilines is 1. The van der Waals surface area contributed by atoms with E-state index in [1.807, 2.05) is 0 Å². The third kappa shape index (κ3) is 5.89. The number of aromatic nitrogens is 3. The molecule has 4 rings (SSSR count). The van der Waals surface area contributed by atoms with Gasteiger partial charge in [0.1, 0.15) is 40.5 Å². The first-order valence-corrected chi connectivity index (χ1v) is 12.3. The van der Waals surface area contributed by atoms with Crippen molar-refractivity contribution in [1.29, 1.82) is 0 Å². The minimum atomic E-state index is -3.17. The molecule has 0 aliphatic carbocycles. The Kier molecular flexibility index (Phi) is 7.34. The van der Waals surface area contributed by atoms with Crippen LogP contribution in [0.4, 0.5) is 23.2 Å². The van der Waals surface area contributed by atoms with Crippen LogP contribution in [-0.4, -0.2) is 26.6 Å². The van der Waals surface area contributed by atoms with E-state index in [1.54, 1.807) is 26.7 Å². The van der Waals surface area contributed by atoms with E-state index in [0.29, 0.717) is 23.4 Å². The van der Waals surface area contributed by atoms with Gasteiger partial charge in [-0.1, -0.05) is 11.6 Å². The molecule has 3 aromatic rings. The smallest absolute Gasteiger partial charge is 0.217 e. The molecule has 1 N–H and O–H groups in total. The van der Waals surface area contributed by atoms with Crippen LogP contribution in [0.25, 0.3) is 5.82 Å². The van der Waals surface area contributed by atoms with Crippen LogP contribution in [0.3, 0.4) is 0 Å². The number of allylic oxidation sites excluding steroid dienone is 3. The summed E-state index contributed by atoms with van der Waals surface area (Å²) >= 11 is 6.42. The molecule has 0 saturated carbocycles. The molecule has 0 spiro atoms. The van der Waals surface area contributed by atoms with Crippen LogP contribution in [0.5, 0.6) is 0 Å². The number of amides is 1. The van der Waals surface area contributed by atoms with Crippen molar-refractivity contribution in [2.75, 3.05) is 4.90 Å². The van der Waals surface area contributed by atoms with Crippen LogP contribution in [0, 0.1) is 30.2 Å². The lowest BCUT2D eigenvalue weighted by Gasteiger charge is -2.31. The summed E-state index contributed by atoms with van der Waals surface area (Å²) in [5.74, 6) is -4.04. The molecule has 0 bridgehead atoms. The fourth-order valence-corrected chi connectivity index (χ4v) is 4.41. The zero-order valence-electron chi connectivity index (χ0n) is 24.4. The number of pyridine rings is 1. The highest BCUT2D eigenvalue weighted by Crippen LogP contribution is 2.38. The van der Waals surface area contributed by atoms with Crippen molar-refractivity contribution in [1.82, 2.24) is 20.1 Å². The Balaban J connectivity index is 1.73. The van der Waals surface area contributed by atoms with Crippen LogP contribution in [-0.2, 0) is 26.4 Å². The van der Waals surface area contributed by atoms with Crippen LogP contribution < -0.4 is 10.2 Å². The number of carbonyl (C=O) groups is 1. The van der Waals surface area contributed by atoms with E-state index in [9.17, 15) is 27.2 Å². The third-order valence-electron chi connectivity index (χ3n) is 5.99. The molecule has 0 saturated heterocycles. The van der Waals surface area contributed by atoms with Gasteiger partial charge in [0.2, 0.25) is 5.91 Å². The predicted octanol–water partition coefficient (Wildman–Crippen LogP) is 5.61. The second kappa shape index (κ2) is 11.2. The quantitative estimate of drug-likeness (QED) is 0.284. The topological polar surface area (TPSA) is 89.4 Å². The number of aryl methyl sites for hydroxylation is 1. The van der Waals surface area contributed by atoms with E-state index in [0.717, 1.165) is 10.9 Å². The van der Waals surface area contributed by atoms with Crippen molar-refractivity contribution < 1.29 is 34.6 Å². The fraction of sp³-hybridized carbons (Fsp3) is 0.250. The van der Waals surface area contributed by atoms with Crippen LogP contribution >= 0.6 is 11.6 Å². The Labute approximate surface area is 240 Å². The van der Waals surface area contributed by atoms with Gasteiger partial charge in [-0.2, -0.15) is 5.10 Å². The molecule has 0 fully saturated rings. The molecule has 41 heavy (non-hydrogen) atoms. The number of hydrogen-bond donors (Lipinski definition) is 1. The first kappa shape index (κ1) is 26.8. The zero-order valence-corrected chi connectivity index (χ0v) is 23.1. The zero-order chi connectivity index (χ0) is 32.0. The second-order valence-corrected chi connectivity index (χ2v) is 9.98. The molecule has 3 heterocycles. The molecule has 13 heteroatoms. The number of nitrogens with one attached hydrogen (secondary N) is 1. The summed E-state index contributed by atoms with van der Waals surface area (Å²) in [7, 11) is 0. The fourth-order valence-electron chi connectivity index (χ4n) is 4.19. The van der Waals surface area contributed by atoms with E-state index in [1.165, 1.54) is 37.1 Å². The molecule has 1 aliphatic heterocycles. The number of halogens is 5. The van der Waals surface area contributed by atoms with Crippen molar-refractivity contribution >= 4 is 29.1 Å². The van der Waals surface area contributed by atoms with E-state index in [4.69, 9.17) is 19.1 Å². The Morgan fingerprint density at radius 1 is 1.17 bits per heavy atom. The standard InChI is InChI=1S/C28H24ClF4N5O3/c1-14-10-34-25(37-11-21(33)27(36-37)28(4,5)35-16(3)40)9-22(14)38-15(2)6-24(26(29)23(38)12-39)41-13-18-19(31)7-17(30)8-20(18)32/h6-11H,13H2,1-5H3,(H,35,40)/i13D2. The Morgan fingerprint density at radius 2 is 1.83 bits per heavy atom. The molecule has 214 valence electrons. The molecule has 1 amide bonds. The van der Waals surface area contributed by atoms with E-state index in [2.05, 4.69) is 15.4 Å². The van der Waals surface area contributed by atoms with E-state index in [-0.39, 0.29) is 28.8 Å². The molecular formula is C28H24ClF4N5O3. The number of hydrogen-bond acceptors (Lipinski definition) is 6. The summed E-state index contributed by atoms with van der Waals surface area (Å²) in [5, 5.41) is 6.43. The van der Waals surface area contributed by atoms with Gasteiger partial charge in [0.25, 0.3) is 0 Å². The highest BCUT2D eigenvalue weighted by atomic mass is 35.5. The van der Waals surface area contributed by atoms with E-state index < -0.39 is 51.7 Å². The molecule has 0 radical (unpaired) electrons. The van der Waals surface area contributed by atoms with Gasteiger partial charge in [-0.05, 0) is 33.3 Å². The maximum absolute atomic E-state index is 14.9. The first-order chi connectivity index (χ1) is 20.0. The number of nitrogens with zero attached hydrogens (tertiary/aromatic N) is 4. The molecule has 2 aromatic heterocycles. The normalized spacial score (nSPS) is 14.8. The lowest BCUT2D eigenvalue weighted by Crippen LogP contribution is -2.40. The molecule has 8 nitrogen and oxygen atoms in total. The summed E-state index contributed by atoms with van der Waals surface area (Å²) in [6.07, 6.45) is 3.73. The number of carbonyl (C=O) groups excluding carboxylic acids is 2. The minimum absolute atomic E-state index is 0.0507. The summed E-state index contributed by atoms with van der Waals surface area (Å²) in [6.45, 7) is 4.46. The highest BCUT2D eigenvalue weighted by Gasteiger charge is 2.31. The second-order valence-electron chi connectivity index (χ2n) is 9.60. The molecule has 1 aromatic carbocycles. The van der Waals surface area contributed by atoms with Gasteiger partial charge in [-0.15, -0.1) is 0 Å². The maximum Gasteiger partial charge on any atom is 0.217 e. The van der Waals surface area contributed by atoms with Gasteiger partial charge in [0.15, 0.2) is 23.3 Å². The summed E-state index contributed by atoms with van der Waals surface area (Å²) in [4.78, 5) is 29.4. The minimum Gasteiger partial charge on any atom is -0.487 e. The van der Waals surface area contributed by atoms with Crippen molar-refractivity contribution in [3.63, 3.8) is 0 Å². The lowest BCUT2D eigenvalue weighted by atomic mass is 10.0. The number of benzene rings is 1. The van der Waals surface area contributed by atoms with Crippen molar-refractivity contribution in [2.45, 2.75) is 46.7 Å². The van der Waals surface area contributed by atoms with Crippen LogP contribution in [0.2, 0.25) is 0 Å². The molecule has 0 unspecified atom stereocenters. The van der Waals surface area contributed by atoms with Crippen LogP contribution in [0.15, 0.2) is 58.9 Å². The molecule has 0 atom stereocenters. The largest absolute Gasteiger partial charge is 0.487 e. The average Bonchev–Trinajstić information content (AvgIpc) is 3.27. The summed E-state index contributed by atoms with van der Waals surface area (Å²) in [5.41, 5.74) is -1.64. The molecular weight excluding hydrogens is 566 g/mol. The Bertz CT molecular complexity index is 1740. The van der Waals surface area contributed by atoms with Gasteiger partial charge in [-0.25, -0.2) is 32.0 Å². The Hall–Kier alpha value is -4.41. The van der Waals surface area contributed by atoms with Gasteiger partial charge in [-0.3, -0.25) is 4.79 Å². The monoisotopic (exact) mass is 591 g/mol. The number of rotatable bonds is 7. The third-order valence-corrected chi connectivity index (χ3v) is 6.36. The van der Waals surface area contributed by atoms with Crippen molar-refractivity contribution in [3.05, 3.63) is 98.9 Å². The van der Waals surface area contributed by atoms with Gasteiger partial charge in [0.05, 0.1) is 25.7 Å². The average molecular weight is 592 g/mol. The summed E-state index contributed by atoms with van der Waals surface area (Å²) in [6, 6.07) is 2.08. The lowest BCUT2D eigenvalue weighted by molar-refractivity contribution is -0.120. The van der Waals surface area contributed by atoms with E-state index >= 15 is 0 Å². The van der Waals surface area contributed by atoms with Gasteiger partial charge in [0, 0.05) is 43.1 Å². The highest BCUT2D eigenvalue weighted by molar-refractivity contribution is 6.33. The van der Waals surface area contributed by atoms with Gasteiger partial charge < -0.3 is 15.0 Å². The Morgan fingerprint density at radius 3 is 2.44 bits per heavy atom. The van der Waals surface area contributed by atoms with Crippen LogP contribution in [0.1, 0.15) is 47.3 Å². The molecule has 1 aliphatic rings. The first-order valence-electron chi connectivity index (χ1n) is 13.0. The summed E-state index contributed by atoms with van der Waals surface area (Å²) < 4.78 is 79.6.